The molecule has 0 spiro atoms. The van der Waals surface area contributed by atoms with Crippen LogP contribution in [0, 0.1) is 0 Å². The van der Waals surface area contributed by atoms with E-state index in [1.165, 1.54) is 154 Å². The lowest BCUT2D eigenvalue weighted by Crippen LogP contribution is -2.46. The number of aliphatic hydroxyl groups is 1. The van der Waals surface area contributed by atoms with Crippen LogP contribution in [0.4, 0.5) is 0 Å². The number of amides is 1. The number of unbranched alkanes of at least 4 members (excludes halogenated alkanes) is 30. The maximum atomic E-state index is 13.0. The number of phosphoric acid groups is 1. The molecule has 0 bridgehead atoms. The number of quaternary nitrogens is 1. The van der Waals surface area contributed by atoms with Gasteiger partial charge in [-0.15, -0.1) is 0 Å². The molecule has 0 saturated heterocycles. The number of carbonyl (C=O) groups excluding carboxylic acids is 1. The third-order valence-corrected chi connectivity index (χ3v) is 15.3. The van der Waals surface area contributed by atoms with E-state index in [0.717, 1.165) is 103 Å². The molecule has 0 aliphatic carbocycles. The molecule has 3 atom stereocenters. The quantitative estimate of drug-likeness (QED) is 0.0243. The summed E-state index contributed by atoms with van der Waals surface area (Å²) in [6.07, 6.45) is 84.8. The van der Waals surface area contributed by atoms with Crippen molar-refractivity contribution in [3.8, 4) is 0 Å². The minimum absolute atomic E-state index is 0.0670. The maximum absolute atomic E-state index is 13.0. The minimum Gasteiger partial charge on any atom is -0.391 e. The van der Waals surface area contributed by atoms with E-state index in [1.54, 1.807) is 0 Å². The van der Waals surface area contributed by atoms with E-state index in [-0.39, 0.29) is 19.1 Å². The zero-order chi connectivity index (χ0) is 57.0. The normalized spacial score (nSPS) is 14.4. The zero-order valence-electron chi connectivity index (χ0n) is 51.6. The average Bonchev–Trinajstić information content (AvgIpc) is 3.41. The highest BCUT2D eigenvalue weighted by molar-refractivity contribution is 7.47. The average molecular weight is 1110 g/mol. The SMILES string of the molecule is CC/C=C\C/C=C\C/C=C\C/C=C\C/C=C\C/C=C\C/C=C\C/C=C\CCCCCCCCC(=O)NC(COP(=O)(O)OCC[N+](C)(C)C)C(O)CCCCCCCCCCCCCCCCCCCCCCCCCCC. The summed E-state index contributed by atoms with van der Waals surface area (Å²) < 4.78 is 23.8. The second-order valence-corrected chi connectivity index (χ2v) is 24.6. The van der Waals surface area contributed by atoms with E-state index in [4.69, 9.17) is 9.05 Å². The van der Waals surface area contributed by atoms with Crippen molar-refractivity contribution in [2.45, 2.75) is 296 Å². The van der Waals surface area contributed by atoms with Crippen molar-refractivity contribution in [2.24, 2.45) is 0 Å². The summed E-state index contributed by atoms with van der Waals surface area (Å²) in [5.74, 6) is -0.160. The fourth-order valence-electron chi connectivity index (χ4n) is 9.30. The first-order valence-corrected chi connectivity index (χ1v) is 34.1. The Balaban J connectivity index is 4.18. The Morgan fingerprint density at radius 3 is 1.13 bits per heavy atom. The maximum Gasteiger partial charge on any atom is 0.472 e. The van der Waals surface area contributed by atoms with E-state index in [2.05, 4.69) is 116 Å². The van der Waals surface area contributed by atoms with Crippen molar-refractivity contribution < 1.29 is 32.9 Å². The smallest absolute Gasteiger partial charge is 0.391 e. The number of allylic oxidation sites excluding steroid dienone is 16. The highest BCUT2D eigenvalue weighted by Crippen LogP contribution is 2.43. The molecule has 0 aromatic rings. The topological polar surface area (TPSA) is 105 Å². The minimum atomic E-state index is -4.34. The molecule has 452 valence electrons. The first kappa shape index (κ1) is 75.4. The standard InChI is InChI=1S/C69H125N2O6P/c1-6-8-10-12-14-16-18-20-22-24-26-28-30-32-33-34-35-36-37-39-41-43-45-47-49-51-53-55-57-59-61-63-69(73)70-67(66-77-78(74,75)76-65-64-71(3,4)5)68(72)62-60-58-56-54-52-50-48-46-44-42-40-38-31-29-27-25-23-21-19-17-15-13-11-9-7-2/h8,10,14,16,20,22,26,28,32-33,35-36,39,41,45,47,67-68,72H,6-7,9,11-13,15,17-19,21,23-25,27,29-31,34,37-38,40,42-44,46,48-66H2,1-5H3,(H-,70,73,74,75)/p+1/b10-8-,16-14-,22-20-,28-26-,33-32-,36-35-,41-39-,47-45-. The molecule has 0 radical (unpaired) electrons. The Labute approximate surface area is 483 Å². The molecule has 0 aromatic heterocycles. The van der Waals surface area contributed by atoms with Gasteiger partial charge in [0.2, 0.25) is 5.91 Å². The van der Waals surface area contributed by atoms with Crippen LogP contribution in [0.25, 0.3) is 0 Å². The summed E-state index contributed by atoms with van der Waals surface area (Å²) in [5.41, 5.74) is 0. The number of hydrogen-bond acceptors (Lipinski definition) is 5. The van der Waals surface area contributed by atoms with E-state index in [9.17, 15) is 19.4 Å². The largest absolute Gasteiger partial charge is 0.472 e. The van der Waals surface area contributed by atoms with Crippen LogP contribution < -0.4 is 5.32 Å². The van der Waals surface area contributed by atoms with Gasteiger partial charge in [0.25, 0.3) is 0 Å². The van der Waals surface area contributed by atoms with E-state index < -0.39 is 20.0 Å². The molecular weight excluding hydrogens is 984 g/mol. The first-order valence-electron chi connectivity index (χ1n) is 32.6. The highest BCUT2D eigenvalue weighted by atomic mass is 31.2. The van der Waals surface area contributed by atoms with Gasteiger partial charge in [0, 0.05) is 6.42 Å². The third-order valence-electron chi connectivity index (χ3n) is 14.3. The van der Waals surface area contributed by atoms with Crippen LogP contribution in [-0.4, -0.2) is 73.4 Å². The van der Waals surface area contributed by atoms with Gasteiger partial charge in [-0.1, -0.05) is 297 Å². The van der Waals surface area contributed by atoms with Gasteiger partial charge in [0.15, 0.2) is 0 Å². The fourth-order valence-corrected chi connectivity index (χ4v) is 10.0. The van der Waals surface area contributed by atoms with Gasteiger partial charge in [-0.05, 0) is 77.0 Å². The fraction of sp³-hybridized carbons (Fsp3) is 0.754. The van der Waals surface area contributed by atoms with Crippen molar-refractivity contribution in [3.05, 3.63) is 97.2 Å². The lowest BCUT2D eigenvalue weighted by molar-refractivity contribution is -0.870. The lowest BCUT2D eigenvalue weighted by atomic mass is 10.0. The van der Waals surface area contributed by atoms with Crippen molar-refractivity contribution in [3.63, 3.8) is 0 Å². The van der Waals surface area contributed by atoms with Crippen LogP contribution in [0.15, 0.2) is 97.2 Å². The Morgan fingerprint density at radius 2 is 0.769 bits per heavy atom. The number of hydrogen-bond donors (Lipinski definition) is 3. The molecule has 0 rings (SSSR count). The Morgan fingerprint density at radius 1 is 0.449 bits per heavy atom. The van der Waals surface area contributed by atoms with Gasteiger partial charge in [0.1, 0.15) is 13.2 Å². The van der Waals surface area contributed by atoms with Crippen LogP contribution in [0.1, 0.15) is 284 Å². The van der Waals surface area contributed by atoms with Gasteiger partial charge in [0.05, 0.1) is 39.9 Å². The van der Waals surface area contributed by atoms with Crippen LogP contribution >= 0.6 is 7.82 Å². The van der Waals surface area contributed by atoms with Crippen LogP contribution in [0.3, 0.4) is 0 Å². The summed E-state index contributed by atoms with van der Waals surface area (Å²) in [6, 6.07) is -0.777. The molecule has 3 N–H and O–H groups in total. The zero-order valence-corrected chi connectivity index (χ0v) is 52.5. The summed E-state index contributed by atoms with van der Waals surface area (Å²) in [7, 11) is 1.60. The highest BCUT2D eigenvalue weighted by Gasteiger charge is 2.28. The number of nitrogens with one attached hydrogen (secondary N) is 1. The number of rotatable bonds is 59. The van der Waals surface area contributed by atoms with Crippen LogP contribution in [0.5, 0.6) is 0 Å². The number of nitrogens with zero attached hydrogens (tertiary/aromatic N) is 1. The summed E-state index contributed by atoms with van der Waals surface area (Å²) in [6.45, 7) is 4.78. The van der Waals surface area contributed by atoms with Crippen molar-refractivity contribution in [1.82, 2.24) is 5.32 Å². The molecule has 1 amide bonds. The van der Waals surface area contributed by atoms with Crippen LogP contribution in [0.2, 0.25) is 0 Å². The van der Waals surface area contributed by atoms with Crippen molar-refractivity contribution >= 4 is 13.7 Å². The molecule has 78 heavy (non-hydrogen) atoms. The van der Waals surface area contributed by atoms with E-state index in [1.807, 2.05) is 21.1 Å². The molecule has 3 unspecified atom stereocenters. The number of carbonyl (C=O) groups is 1. The molecule has 9 heteroatoms. The Kier molecular flexibility index (Phi) is 57.1. The Hall–Kier alpha value is -2.58. The molecule has 0 heterocycles. The molecule has 0 saturated carbocycles. The predicted molar refractivity (Wildman–Crippen MR) is 341 cm³/mol. The molecule has 0 aliphatic heterocycles. The number of likely N-dealkylation sites (N-methyl/N-ethyl adjacent to an activating group) is 1. The van der Waals surface area contributed by atoms with Gasteiger partial charge < -0.3 is 19.8 Å². The second-order valence-electron chi connectivity index (χ2n) is 23.1. The van der Waals surface area contributed by atoms with Crippen LogP contribution in [-0.2, 0) is 18.4 Å². The van der Waals surface area contributed by atoms with Crippen molar-refractivity contribution in [2.75, 3.05) is 40.9 Å². The van der Waals surface area contributed by atoms with Gasteiger partial charge in [-0.25, -0.2) is 4.57 Å². The summed E-state index contributed by atoms with van der Waals surface area (Å²) in [5, 5.41) is 14.1. The van der Waals surface area contributed by atoms with E-state index >= 15 is 0 Å². The van der Waals surface area contributed by atoms with Crippen molar-refractivity contribution in [1.29, 1.82) is 0 Å². The molecule has 0 aromatic carbocycles. The summed E-state index contributed by atoms with van der Waals surface area (Å²) >= 11 is 0. The van der Waals surface area contributed by atoms with Gasteiger partial charge >= 0.3 is 7.82 Å². The number of phosphoric ester groups is 1. The monoisotopic (exact) mass is 1110 g/mol. The second kappa shape index (κ2) is 59.1. The molecule has 8 nitrogen and oxygen atoms in total. The molecule has 0 fully saturated rings. The van der Waals surface area contributed by atoms with Gasteiger partial charge in [-0.2, -0.15) is 0 Å². The first-order chi connectivity index (χ1) is 38.0. The molecular formula is C69H126N2O6P+. The van der Waals surface area contributed by atoms with Gasteiger partial charge in [-0.3, -0.25) is 13.8 Å². The third kappa shape index (κ3) is 61.0. The Bertz CT molecular complexity index is 1590. The lowest BCUT2D eigenvalue weighted by Gasteiger charge is -2.26. The molecule has 0 aliphatic rings. The predicted octanol–water partition coefficient (Wildman–Crippen LogP) is 20.5. The number of aliphatic hydroxyl groups excluding tert-OH is 1. The summed E-state index contributed by atoms with van der Waals surface area (Å²) in [4.78, 5) is 23.4. The van der Waals surface area contributed by atoms with E-state index in [0.29, 0.717) is 23.9 Å².